The molecule has 2 aromatic rings. The van der Waals surface area contributed by atoms with Gasteiger partial charge in [0.25, 0.3) is 0 Å². The molecule has 2 nitrogen and oxygen atoms in total. The molecule has 0 aliphatic rings. The van der Waals surface area contributed by atoms with Gasteiger partial charge in [0.15, 0.2) is 17.3 Å². The van der Waals surface area contributed by atoms with Crippen LogP contribution in [0.4, 0.5) is 4.39 Å². The molecular formula is C18H19FO2. The minimum absolute atomic E-state index is 0.00805. The molecule has 0 spiro atoms. The quantitative estimate of drug-likeness (QED) is 0.685. The Morgan fingerprint density at radius 3 is 2.48 bits per heavy atom. The maximum absolute atomic E-state index is 13.9. The van der Waals surface area contributed by atoms with E-state index in [1.165, 1.54) is 24.6 Å². The highest BCUT2D eigenvalue weighted by atomic mass is 19.1. The first-order valence-corrected chi connectivity index (χ1v) is 7.18. The maximum atomic E-state index is 13.9. The van der Waals surface area contributed by atoms with E-state index in [1.54, 1.807) is 18.2 Å². The summed E-state index contributed by atoms with van der Waals surface area (Å²) in [6, 6.07) is 11.9. The van der Waals surface area contributed by atoms with Gasteiger partial charge in [-0.05, 0) is 49.6 Å². The van der Waals surface area contributed by atoms with Crippen LogP contribution >= 0.6 is 0 Å². The zero-order valence-corrected chi connectivity index (χ0v) is 12.4. The van der Waals surface area contributed by atoms with Gasteiger partial charge in [-0.3, -0.25) is 4.79 Å². The molecule has 0 atom stereocenters. The van der Waals surface area contributed by atoms with E-state index in [9.17, 15) is 9.18 Å². The lowest BCUT2D eigenvalue weighted by atomic mass is 10.1. The molecule has 21 heavy (non-hydrogen) atoms. The second kappa shape index (κ2) is 7.02. The van der Waals surface area contributed by atoms with Crippen LogP contribution in [0.15, 0.2) is 42.5 Å². The fraction of sp³-hybridized carbons (Fsp3) is 0.278. The van der Waals surface area contributed by atoms with Gasteiger partial charge in [0.1, 0.15) is 5.75 Å². The van der Waals surface area contributed by atoms with Gasteiger partial charge < -0.3 is 4.74 Å². The van der Waals surface area contributed by atoms with E-state index in [2.05, 4.69) is 6.92 Å². The number of ether oxygens (including phenoxy) is 1. The standard InChI is InChI=1S/C18H19FO2/c1-3-4-6-14-9-11-15(12-10-14)21-18-16(13(2)20)7-5-8-17(18)19/h5,7-12H,3-4,6H2,1-2H3. The molecule has 0 fully saturated rings. The average Bonchev–Trinajstić information content (AvgIpc) is 2.48. The third-order valence-electron chi connectivity index (χ3n) is 3.31. The summed E-state index contributed by atoms with van der Waals surface area (Å²) in [4.78, 5) is 11.5. The van der Waals surface area contributed by atoms with Gasteiger partial charge in [0.2, 0.25) is 0 Å². The Bertz CT molecular complexity index is 618. The first kappa shape index (κ1) is 15.2. The van der Waals surface area contributed by atoms with Crippen LogP contribution in [0.2, 0.25) is 0 Å². The van der Waals surface area contributed by atoms with Gasteiger partial charge in [-0.15, -0.1) is 0 Å². The third kappa shape index (κ3) is 3.91. The number of Topliss-reactive ketones (excluding diaryl/α,β-unsaturated/α-hetero) is 1. The molecule has 2 rings (SSSR count). The molecule has 0 amide bonds. The molecule has 0 radical (unpaired) electrons. The SMILES string of the molecule is CCCCc1ccc(Oc2c(F)cccc2C(C)=O)cc1. The summed E-state index contributed by atoms with van der Waals surface area (Å²) < 4.78 is 19.4. The number of benzene rings is 2. The van der Waals surface area contributed by atoms with Crippen molar-refractivity contribution in [1.82, 2.24) is 0 Å². The number of unbranched alkanes of at least 4 members (excludes halogenated alkanes) is 1. The molecule has 0 heterocycles. The summed E-state index contributed by atoms with van der Waals surface area (Å²) in [5.74, 6) is -0.226. The lowest BCUT2D eigenvalue weighted by molar-refractivity contribution is 0.101. The number of hydrogen-bond acceptors (Lipinski definition) is 2. The molecule has 0 unspecified atom stereocenters. The van der Waals surface area contributed by atoms with Gasteiger partial charge in [-0.25, -0.2) is 4.39 Å². The van der Waals surface area contributed by atoms with Crippen molar-refractivity contribution in [3.63, 3.8) is 0 Å². The lowest BCUT2D eigenvalue weighted by Gasteiger charge is -2.11. The highest BCUT2D eigenvalue weighted by Crippen LogP contribution is 2.29. The summed E-state index contributed by atoms with van der Waals surface area (Å²) >= 11 is 0. The molecule has 0 bridgehead atoms. The fourth-order valence-corrected chi connectivity index (χ4v) is 2.11. The van der Waals surface area contributed by atoms with Crippen molar-refractivity contribution in [3.05, 3.63) is 59.4 Å². The van der Waals surface area contributed by atoms with E-state index in [0.717, 1.165) is 19.3 Å². The molecule has 0 aliphatic carbocycles. The number of halogens is 1. The van der Waals surface area contributed by atoms with Crippen molar-refractivity contribution in [2.24, 2.45) is 0 Å². The molecule has 0 saturated carbocycles. The number of carbonyl (C=O) groups excluding carboxylic acids is 1. The zero-order chi connectivity index (χ0) is 15.2. The molecule has 0 N–H and O–H groups in total. The Kier molecular flexibility index (Phi) is 5.09. The third-order valence-corrected chi connectivity index (χ3v) is 3.31. The van der Waals surface area contributed by atoms with Crippen LogP contribution in [0.3, 0.4) is 0 Å². The second-order valence-corrected chi connectivity index (χ2v) is 5.02. The van der Waals surface area contributed by atoms with Crippen molar-refractivity contribution in [2.45, 2.75) is 33.1 Å². The predicted octanol–water partition coefficient (Wildman–Crippen LogP) is 5.16. The highest BCUT2D eigenvalue weighted by Gasteiger charge is 2.14. The minimum atomic E-state index is -0.530. The number of rotatable bonds is 6. The predicted molar refractivity (Wildman–Crippen MR) is 81.5 cm³/mol. The molecule has 2 aromatic carbocycles. The summed E-state index contributed by atoms with van der Waals surface area (Å²) in [5.41, 5.74) is 1.48. The van der Waals surface area contributed by atoms with Crippen molar-refractivity contribution in [3.8, 4) is 11.5 Å². The Balaban J connectivity index is 2.20. The zero-order valence-electron chi connectivity index (χ0n) is 12.4. The Labute approximate surface area is 124 Å². The maximum Gasteiger partial charge on any atom is 0.173 e. The number of carbonyl (C=O) groups is 1. The molecule has 110 valence electrons. The first-order valence-electron chi connectivity index (χ1n) is 7.18. The average molecular weight is 286 g/mol. The van der Waals surface area contributed by atoms with Crippen LogP contribution in [-0.2, 0) is 6.42 Å². The second-order valence-electron chi connectivity index (χ2n) is 5.02. The van der Waals surface area contributed by atoms with Gasteiger partial charge in [-0.2, -0.15) is 0 Å². The molecule has 0 aromatic heterocycles. The molecule has 0 saturated heterocycles. The Morgan fingerprint density at radius 1 is 1.14 bits per heavy atom. The molecule has 3 heteroatoms. The largest absolute Gasteiger partial charge is 0.454 e. The van der Waals surface area contributed by atoms with Gasteiger partial charge in [-0.1, -0.05) is 31.5 Å². The van der Waals surface area contributed by atoms with E-state index in [-0.39, 0.29) is 17.1 Å². The number of aryl methyl sites for hydroxylation is 1. The normalized spacial score (nSPS) is 10.4. The van der Waals surface area contributed by atoms with Crippen LogP contribution in [0, 0.1) is 5.82 Å². The van der Waals surface area contributed by atoms with Crippen LogP contribution in [-0.4, -0.2) is 5.78 Å². The van der Waals surface area contributed by atoms with Crippen molar-refractivity contribution in [1.29, 1.82) is 0 Å². The van der Waals surface area contributed by atoms with Crippen molar-refractivity contribution in [2.75, 3.05) is 0 Å². The smallest absolute Gasteiger partial charge is 0.173 e. The fourth-order valence-electron chi connectivity index (χ4n) is 2.11. The Morgan fingerprint density at radius 2 is 1.86 bits per heavy atom. The first-order chi connectivity index (χ1) is 10.1. The molecular weight excluding hydrogens is 267 g/mol. The lowest BCUT2D eigenvalue weighted by Crippen LogP contribution is -1.99. The van der Waals surface area contributed by atoms with Gasteiger partial charge in [0.05, 0.1) is 5.56 Å². The highest BCUT2D eigenvalue weighted by molar-refractivity contribution is 5.96. The van der Waals surface area contributed by atoms with E-state index in [0.29, 0.717) is 5.75 Å². The summed E-state index contributed by atoms with van der Waals surface area (Å²) in [6.45, 7) is 3.55. The summed E-state index contributed by atoms with van der Waals surface area (Å²) in [6.07, 6.45) is 3.31. The van der Waals surface area contributed by atoms with Crippen molar-refractivity contribution < 1.29 is 13.9 Å². The summed E-state index contributed by atoms with van der Waals surface area (Å²) in [7, 11) is 0. The van der Waals surface area contributed by atoms with Gasteiger partial charge in [0, 0.05) is 0 Å². The van der Waals surface area contributed by atoms with E-state index >= 15 is 0 Å². The van der Waals surface area contributed by atoms with E-state index < -0.39 is 5.82 Å². The van der Waals surface area contributed by atoms with Crippen LogP contribution < -0.4 is 4.74 Å². The molecule has 0 aliphatic heterocycles. The number of ketones is 1. The van der Waals surface area contributed by atoms with E-state index in [4.69, 9.17) is 4.74 Å². The van der Waals surface area contributed by atoms with E-state index in [1.807, 2.05) is 12.1 Å². The topological polar surface area (TPSA) is 26.3 Å². The number of para-hydroxylation sites is 1. The Hall–Kier alpha value is -2.16. The van der Waals surface area contributed by atoms with Crippen LogP contribution in [0.25, 0.3) is 0 Å². The summed E-state index contributed by atoms with van der Waals surface area (Å²) in [5, 5.41) is 0. The van der Waals surface area contributed by atoms with Crippen LogP contribution in [0.5, 0.6) is 11.5 Å². The van der Waals surface area contributed by atoms with Crippen LogP contribution in [0.1, 0.15) is 42.6 Å². The van der Waals surface area contributed by atoms with Crippen molar-refractivity contribution >= 4 is 5.78 Å². The minimum Gasteiger partial charge on any atom is -0.454 e. The monoisotopic (exact) mass is 286 g/mol. The number of hydrogen-bond donors (Lipinski definition) is 0. The van der Waals surface area contributed by atoms with Gasteiger partial charge >= 0.3 is 0 Å².